The van der Waals surface area contributed by atoms with E-state index in [2.05, 4.69) is 0 Å². The lowest BCUT2D eigenvalue weighted by atomic mass is 10.1. The molecule has 1 atom stereocenters. The van der Waals surface area contributed by atoms with Crippen LogP contribution in [0.2, 0.25) is 0 Å². The molecule has 0 bridgehead atoms. The van der Waals surface area contributed by atoms with Gasteiger partial charge in [0.1, 0.15) is 0 Å². The van der Waals surface area contributed by atoms with Gasteiger partial charge in [0.15, 0.2) is 11.5 Å². The number of carbonyl (C=O) groups is 1. The first-order valence-corrected chi connectivity index (χ1v) is 4.06. The second-order valence-electron chi connectivity index (χ2n) is 2.77. The van der Waals surface area contributed by atoms with E-state index < -0.39 is 0 Å². The number of hydrogen-bond acceptors (Lipinski definition) is 3. The van der Waals surface area contributed by atoms with Crippen molar-refractivity contribution in [3.8, 4) is 0 Å². The Labute approximate surface area is 71.6 Å². The summed E-state index contributed by atoms with van der Waals surface area (Å²) in [5.41, 5.74) is 5.62. The summed E-state index contributed by atoms with van der Waals surface area (Å²) in [6, 6.07) is 3.30. The zero-order valence-electron chi connectivity index (χ0n) is 7.12. The van der Waals surface area contributed by atoms with Gasteiger partial charge in [-0.25, -0.2) is 0 Å². The minimum absolute atomic E-state index is 0.0191. The first kappa shape index (κ1) is 9.00. The van der Waals surface area contributed by atoms with Crippen LogP contribution >= 0.6 is 0 Å². The predicted molar refractivity (Wildman–Crippen MR) is 45.9 cm³/mol. The third-order valence-electron chi connectivity index (χ3n) is 1.77. The van der Waals surface area contributed by atoms with Gasteiger partial charge in [0.05, 0.1) is 6.26 Å². The number of ketones is 1. The normalized spacial score (nSPS) is 12.8. The molecule has 3 nitrogen and oxygen atoms in total. The minimum atomic E-state index is -0.0531. The van der Waals surface area contributed by atoms with E-state index in [1.165, 1.54) is 6.26 Å². The molecule has 0 saturated carbocycles. The van der Waals surface area contributed by atoms with Gasteiger partial charge >= 0.3 is 0 Å². The van der Waals surface area contributed by atoms with Gasteiger partial charge in [0.2, 0.25) is 0 Å². The number of Topliss-reactive ketones (excluding diaryl/α,β-unsaturated/α-hetero) is 1. The third-order valence-corrected chi connectivity index (χ3v) is 1.77. The molecular formula is C9H13NO2. The lowest BCUT2D eigenvalue weighted by molar-refractivity contribution is 0.0947. The van der Waals surface area contributed by atoms with E-state index in [1.807, 2.05) is 6.92 Å². The van der Waals surface area contributed by atoms with Crippen LogP contribution in [0.25, 0.3) is 0 Å². The van der Waals surface area contributed by atoms with E-state index in [4.69, 9.17) is 10.2 Å². The molecule has 0 amide bonds. The molecule has 0 saturated heterocycles. The smallest absolute Gasteiger partial charge is 0.199 e. The van der Waals surface area contributed by atoms with Crippen LogP contribution in [0.5, 0.6) is 0 Å². The molecule has 0 aromatic carbocycles. The van der Waals surface area contributed by atoms with Crippen molar-refractivity contribution in [1.29, 1.82) is 0 Å². The molecule has 1 aromatic heterocycles. The molecule has 0 aliphatic heterocycles. The number of furan rings is 1. The molecule has 66 valence electrons. The maximum atomic E-state index is 11.3. The van der Waals surface area contributed by atoms with E-state index in [9.17, 15) is 4.79 Å². The van der Waals surface area contributed by atoms with E-state index in [-0.39, 0.29) is 11.8 Å². The summed E-state index contributed by atoms with van der Waals surface area (Å²) in [6.45, 7) is 1.96. The molecule has 12 heavy (non-hydrogen) atoms. The molecule has 1 unspecified atom stereocenters. The number of hydrogen-bond donors (Lipinski definition) is 1. The van der Waals surface area contributed by atoms with Crippen molar-refractivity contribution in [2.45, 2.75) is 25.8 Å². The van der Waals surface area contributed by atoms with E-state index in [0.29, 0.717) is 12.2 Å². The van der Waals surface area contributed by atoms with Gasteiger partial charge in [-0.05, 0) is 18.6 Å². The molecule has 0 fully saturated rings. The van der Waals surface area contributed by atoms with Crippen LogP contribution in [0.1, 0.15) is 30.3 Å². The monoisotopic (exact) mass is 167 g/mol. The predicted octanol–water partition coefficient (Wildman–Crippen LogP) is 1.59. The lowest BCUT2D eigenvalue weighted by Crippen LogP contribution is -2.22. The summed E-state index contributed by atoms with van der Waals surface area (Å²) < 4.78 is 4.94. The SMILES string of the molecule is CCC(N)CC(=O)c1ccco1. The van der Waals surface area contributed by atoms with Crippen LogP contribution in [0.3, 0.4) is 0 Å². The first-order valence-electron chi connectivity index (χ1n) is 4.06. The van der Waals surface area contributed by atoms with Crippen LogP contribution in [0, 0.1) is 0 Å². The first-order chi connectivity index (χ1) is 5.74. The second-order valence-corrected chi connectivity index (χ2v) is 2.77. The molecule has 1 rings (SSSR count). The highest BCUT2D eigenvalue weighted by atomic mass is 16.3. The lowest BCUT2D eigenvalue weighted by Gasteiger charge is -2.04. The molecule has 1 heterocycles. The maximum absolute atomic E-state index is 11.3. The van der Waals surface area contributed by atoms with Gasteiger partial charge in [0.25, 0.3) is 0 Å². The topological polar surface area (TPSA) is 56.2 Å². The quantitative estimate of drug-likeness (QED) is 0.693. The Balaban J connectivity index is 2.50. The standard InChI is InChI=1S/C9H13NO2/c1-2-7(10)6-8(11)9-4-3-5-12-9/h3-5,7H,2,6,10H2,1H3. The fraction of sp³-hybridized carbons (Fsp3) is 0.444. The van der Waals surface area contributed by atoms with Crippen LogP contribution < -0.4 is 5.73 Å². The highest BCUT2D eigenvalue weighted by molar-refractivity contribution is 5.93. The Kier molecular flexibility index (Phi) is 3.05. The van der Waals surface area contributed by atoms with Crippen LogP contribution in [0.15, 0.2) is 22.8 Å². The molecule has 0 aliphatic rings. The molecule has 0 radical (unpaired) electrons. The van der Waals surface area contributed by atoms with Gasteiger partial charge in [0, 0.05) is 12.5 Å². The Hall–Kier alpha value is -1.09. The van der Waals surface area contributed by atoms with E-state index in [0.717, 1.165) is 6.42 Å². The summed E-state index contributed by atoms with van der Waals surface area (Å²) in [4.78, 5) is 11.3. The van der Waals surface area contributed by atoms with E-state index >= 15 is 0 Å². The highest BCUT2D eigenvalue weighted by Crippen LogP contribution is 2.06. The van der Waals surface area contributed by atoms with Gasteiger partial charge < -0.3 is 10.2 Å². The number of rotatable bonds is 4. The van der Waals surface area contributed by atoms with Crippen molar-refractivity contribution < 1.29 is 9.21 Å². The van der Waals surface area contributed by atoms with Crippen molar-refractivity contribution in [3.05, 3.63) is 24.2 Å². The molecule has 0 aliphatic carbocycles. The molecule has 0 spiro atoms. The Morgan fingerprint density at radius 3 is 3.00 bits per heavy atom. The minimum Gasteiger partial charge on any atom is -0.461 e. The maximum Gasteiger partial charge on any atom is 0.199 e. The van der Waals surface area contributed by atoms with Gasteiger partial charge in [-0.3, -0.25) is 4.79 Å². The summed E-state index contributed by atoms with van der Waals surface area (Å²) in [5.74, 6) is 0.383. The van der Waals surface area contributed by atoms with Gasteiger partial charge in [-0.1, -0.05) is 6.92 Å². The third kappa shape index (κ3) is 2.20. The molecule has 1 aromatic rings. The van der Waals surface area contributed by atoms with Crippen molar-refractivity contribution in [1.82, 2.24) is 0 Å². The molecular weight excluding hydrogens is 154 g/mol. The average Bonchev–Trinajstić information content (AvgIpc) is 2.56. The van der Waals surface area contributed by atoms with Crippen molar-refractivity contribution >= 4 is 5.78 Å². The van der Waals surface area contributed by atoms with Crippen LogP contribution in [-0.2, 0) is 0 Å². The zero-order chi connectivity index (χ0) is 8.97. The largest absolute Gasteiger partial charge is 0.461 e. The fourth-order valence-corrected chi connectivity index (χ4v) is 0.920. The fourth-order valence-electron chi connectivity index (χ4n) is 0.920. The van der Waals surface area contributed by atoms with Gasteiger partial charge in [-0.15, -0.1) is 0 Å². The van der Waals surface area contributed by atoms with Crippen LogP contribution in [-0.4, -0.2) is 11.8 Å². The molecule has 2 N–H and O–H groups in total. The summed E-state index contributed by atoms with van der Waals surface area (Å²) in [6.07, 6.45) is 2.67. The van der Waals surface area contributed by atoms with Crippen molar-refractivity contribution in [3.63, 3.8) is 0 Å². The second kappa shape index (κ2) is 4.07. The average molecular weight is 167 g/mol. The van der Waals surface area contributed by atoms with E-state index in [1.54, 1.807) is 12.1 Å². The Morgan fingerprint density at radius 1 is 1.75 bits per heavy atom. The van der Waals surface area contributed by atoms with Crippen molar-refractivity contribution in [2.24, 2.45) is 5.73 Å². The summed E-state index contributed by atoms with van der Waals surface area (Å²) in [7, 11) is 0. The van der Waals surface area contributed by atoms with Crippen molar-refractivity contribution in [2.75, 3.05) is 0 Å². The number of carbonyl (C=O) groups excluding carboxylic acids is 1. The number of nitrogens with two attached hydrogens (primary N) is 1. The summed E-state index contributed by atoms with van der Waals surface area (Å²) >= 11 is 0. The Morgan fingerprint density at radius 2 is 2.50 bits per heavy atom. The van der Waals surface area contributed by atoms with Crippen LogP contribution in [0.4, 0.5) is 0 Å². The Bertz CT molecular complexity index is 241. The van der Waals surface area contributed by atoms with Gasteiger partial charge in [-0.2, -0.15) is 0 Å². The zero-order valence-corrected chi connectivity index (χ0v) is 7.12. The summed E-state index contributed by atoms with van der Waals surface area (Å²) in [5, 5.41) is 0. The molecule has 3 heteroatoms. The highest BCUT2D eigenvalue weighted by Gasteiger charge is 2.11.